The minimum Gasteiger partial charge on any atom is -0.271 e. The summed E-state index contributed by atoms with van der Waals surface area (Å²) in [5.41, 5.74) is 0.904. The van der Waals surface area contributed by atoms with Crippen LogP contribution in [0.25, 0.3) is 0 Å². The van der Waals surface area contributed by atoms with E-state index in [1.54, 1.807) is 5.06 Å². The Hall–Kier alpha value is -0.770. The van der Waals surface area contributed by atoms with E-state index in [2.05, 4.69) is 5.32 Å². The Bertz CT molecular complexity index is 305. The summed E-state index contributed by atoms with van der Waals surface area (Å²) in [5.74, 6) is 0. The van der Waals surface area contributed by atoms with Gasteiger partial charge < -0.3 is 0 Å². The maximum Gasteiger partial charge on any atom is 0.134 e. The first-order valence-electron chi connectivity index (χ1n) is 4.19. The van der Waals surface area contributed by atoms with Crippen LogP contribution in [0.2, 0.25) is 5.02 Å². The van der Waals surface area contributed by atoms with E-state index in [9.17, 15) is 0 Å². The van der Waals surface area contributed by atoms with Crippen molar-refractivity contribution in [1.82, 2.24) is 5.32 Å². The molecule has 1 saturated heterocycles. The van der Waals surface area contributed by atoms with Crippen LogP contribution in [0.4, 0.5) is 5.69 Å². The Kier molecular flexibility index (Phi) is 2.40. The average Bonchev–Trinajstić information content (AvgIpc) is 2.53. The molecule has 1 aliphatic rings. The molecule has 1 aliphatic heterocycles. The van der Waals surface area contributed by atoms with Gasteiger partial charge >= 0.3 is 0 Å². The second kappa shape index (κ2) is 3.54. The number of hydrogen-bond donors (Lipinski definition) is 1. The maximum absolute atomic E-state index is 6.00. The van der Waals surface area contributed by atoms with Crippen molar-refractivity contribution in [2.75, 3.05) is 11.7 Å². The molecule has 2 rings (SSSR count). The van der Waals surface area contributed by atoms with Crippen LogP contribution in [-0.4, -0.2) is 12.9 Å². The number of hydrogen-bond acceptors (Lipinski definition) is 3. The van der Waals surface area contributed by atoms with Gasteiger partial charge in [-0.05, 0) is 19.1 Å². The van der Waals surface area contributed by atoms with Crippen molar-refractivity contribution in [2.24, 2.45) is 0 Å². The Labute approximate surface area is 82.2 Å². The number of rotatable bonds is 1. The number of nitrogens with zero attached hydrogens (tertiary/aromatic N) is 1. The van der Waals surface area contributed by atoms with Gasteiger partial charge in [0.1, 0.15) is 6.23 Å². The number of benzene rings is 1. The molecule has 0 bridgehead atoms. The molecular formula is C9H11ClN2O. The van der Waals surface area contributed by atoms with Gasteiger partial charge in [-0.25, -0.2) is 5.06 Å². The van der Waals surface area contributed by atoms with Gasteiger partial charge in [0.05, 0.1) is 17.4 Å². The van der Waals surface area contributed by atoms with E-state index in [1.807, 2.05) is 31.2 Å². The van der Waals surface area contributed by atoms with Crippen molar-refractivity contribution in [2.45, 2.75) is 13.2 Å². The van der Waals surface area contributed by atoms with Crippen LogP contribution in [0.1, 0.15) is 6.92 Å². The Balaban J connectivity index is 2.21. The molecule has 1 aromatic rings. The Morgan fingerprint density at radius 3 is 2.92 bits per heavy atom. The lowest BCUT2D eigenvalue weighted by molar-refractivity contribution is 0.0926. The molecule has 0 radical (unpaired) electrons. The molecule has 1 fully saturated rings. The van der Waals surface area contributed by atoms with Crippen LogP contribution in [0.5, 0.6) is 0 Å². The van der Waals surface area contributed by atoms with Crippen molar-refractivity contribution >= 4 is 17.3 Å². The minimum absolute atomic E-state index is 0.0521. The lowest BCUT2D eigenvalue weighted by atomic mass is 10.3. The molecule has 70 valence electrons. The fraction of sp³-hybridized carbons (Fsp3) is 0.333. The Morgan fingerprint density at radius 2 is 2.31 bits per heavy atom. The van der Waals surface area contributed by atoms with E-state index >= 15 is 0 Å². The number of anilines is 1. The lowest BCUT2D eigenvalue weighted by Gasteiger charge is -2.16. The molecular weight excluding hydrogens is 188 g/mol. The van der Waals surface area contributed by atoms with Crippen LogP contribution in [0.3, 0.4) is 0 Å². The van der Waals surface area contributed by atoms with Crippen LogP contribution in [0.15, 0.2) is 24.3 Å². The normalized spacial score (nSPS) is 22.3. The van der Waals surface area contributed by atoms with E-state index < -0.39 is 0 Å². The van der Waals surface area contributed by atoms with E-state index in [4.69, 9.17) is 16.4 Å². The third-order valence-electron chi connectivity index (χ3n) is 1.93. The molecule has 1 unspecified atom stereocenters. The topological polar surface area (TPSA) is 24.5 Å². The second-order valence-electron chi connectivity index (χ2n) is 2.94. The van der Waals surface area contributed by atoms with Gasteiger partial charge in [-0.2, -0.15) is 0 Å². The van der Waals surface area contributed by atoms with Crippen molar-refractivity contribution in [1.29, 1.82) is 0 Å². The molecule has 13 heavy (non-hydrogen) atoms. The summed E-state index contributed by atoms with van der Waals surface area (Å²) < 4.78 is 0. The van der Waals surface area contributed by atoms with Gasteiger partial charge in [0, 0.05) is 0 Å². The molecule has 1 heterocycles. The fourth-order valence-electron chi connectivity index (χ4n) is 1.27. The first kappa shape index (κ1) is 8.81. The van der Waals surface area contributed by atoms with Crippen LogP contribution in [0, 0.1) is 0 Å². The van der Waals surface area contributed by atoms with Gasteiger partial charge in [0.2, 0.25) is 0 Å². The first-order valence-corrected chi connectivity index (χ1v) is 4.57. The van der Waals surface area contributed by atoms with E-state index in [0.717, 1.165) is 5.69 Å². The maximum atomic E-state index is 6.00. The predicted molar refractivity (Wildman–Crippen MR) is 52.5 cm³/mol. The van der Waals surface area contributed by atoms with Gasteiger partial charge in [-0.15, -0.1) is 0 Å². The standard InChI is InChI=1S/C9H11ClN2O/c1-7-11-6-12(13-7)9-5-3-2-4-8(9)10/h2-5,7,11H,6H2,1H3. The highest BCUT2D eigenvalue weighted by molar-refractivity contribution is 6.33. The minimum atomic E-state index is 0.0521. The largest absolute Gasteiger partial charge is 0.271 e. The molecule has 1 aromatic carbocycles. The van der Waals surface area contributed by atoms with E-state index in [-0.39, 0.29) is 6.23 Å². The molecule has 0 amide bonds. The molecule has 0 spiro atoms. The molecule has 1 atom stereocenters. The number of nitrogens with one attached hydrogen (secondary N) is 1. The smallest absolute Gasteiger partial charge is 0.134 e. The quantitative estimate of drug-likeness (QED) is 0.747. The third kappa shape index (κ3) is 1.77. The summed E-state index contributed by atoms with van der Waals surface area (Å²) >= 11 is 6.00. The zero-order valence-corrected chi connectivity index (χ0v) is 8.08. The van der Waals surface area contributed by atoms with Crippen molar-refractivity contribution in [3.05, 3.63) is 29.3 Å². The summed E-state index contributed by atoms with van der Waals surface area (Å²) in [5, 5.41) is 5.60. The van der Waals surface area contributed by atoms with Crippen molar-refractivity contribution in [3.8, 4) is 0 Å². The first-order chi connectivity index (χ1) is 6.27. The number of para-hydroxylation sites is 1. The summed E-state index contributed by atoms with van der Waals surface area (Å²) in [6.45, 7) is 2.63. The molecule has 3 nitrogen and oxygen atoms in total. The summed E-state index contributed by atoms with van der Waals surface area (Å²) in [4.78, 5) is 5.47. The SMILES string of the molecule is CC1NCN(c2ccccc2Cl)O1. The highest BCUT2D eigenvalue weighted by atomic mass is 35.5. The number of halogens is 1. The van der Waals surface area contributed by atoms with Crippen molar-refractivity contribution < 1.29 is 4.84 Å². The average molecular weight is 199 g/mol. The predicted octanol–water partition coefficient (Wildman–Crippen LogP) is 1.98. The fourth-order valence-corrected chi connectivity index (χ4v) is 1.50. The molecule has 4 heteroatoms. The summed E-state index contributed by atoms with van der Waals surface area (Å²) in [6, 6.07) is 7.62. The van der Waals surface area contributed by atoms with Gasteiger partial charge in [-0.3, -0.25) is 10.2 Å². The lowest BCUT2D eigenvalue weighted by Crippen LogP contribution is -2.20. The van der Waals surface area contributed by atoms with E-state index in [0.29, 0.717) is 11.7 Å². The second-order valence-corrected chi connectivity index (χ2v) is 3.35. The van der Waals surface area contributed by atoms with Gasteiger partial charge in [0.25, 0.3) is 0 Å². The summed E-state index contributed by atoms with van der Waals surface area (Å²) in [6.07, 6.45) is 0.0521. The van der Waals surface area contributed by atoms with Gasteiger partial charge in [-0.1, -0.05) is 23.7 Å². The third-order valence-corrected chi connectivity index (χ3v) is 2.25. The molecule has 0 aliphatic carbocycles. The van der Waals surface area contributed by atoms with Crippen LogP contribution in [-0.2, 0) is 4.84 Å². The zero-order chi connectivity index (χ0) is 9.26. The molecule has 1 N–H and O–H groups in total. The van der Waals surface area contributed by atoms with Crippen LogP contribution >= 0.6 is 11.6 Å². The highest BCUT2D eigenvalue weighted by Crippen LogP contribution is 2.26. The van der Waals surface area contributed by atoms with Gasteiger partial charge in [0.15, 0.2) is 0 Å². The Morgan fingerprint density at radius 1 is 1.54 bits per heavy atom. The molecule has 0 aromatic heterocycles. The summed E-state index contributed by atoms with van der Waals surface area (Å²) in [7, 11) is 0. The molecule has 0 saturated carbocycles. The zero-order valence-electron chi connectivity index (χ0n) is 7.33. The van der Waals surface area contributed by atoms with E-state index in [1.165, 1.54) is 0 Å². The van der Waals surface area contributed by atoms with Crippen molar-refractivity contribution in [3.63, 3.8) is 0 Å². The number of hydroxylamine groups is 1. The highest BCUT2D eigenvalue weighted by Gasteiger charge is 2.20. The monoisotopic (exact) mass is 198 g/mol. The van der Waals surface area contributed by atoms with Crippen LogP contribution < -0.4 is 10.4 Å².